The first-order valence-corrected chi connectivity index (χ1v) is 8.54. The van der Waals surface area contributed by atoms with Crippen LogP contribution in [0.3, 0.4) is 0 Å². The van der Waals surface area contributed by atoms with Gasteiger partial charge in [-0.2, -0.15) is 18.0 Å². The molecule has 8 nitrogen and oxygen atoms in total. The molecule has 0 fully saturated rings. The number of carboxylic acid groups (broad SMARTS) is 1. The average Bonchev–Trinajstić information content (AvgIpc) is 3.16. The van der Waals surface area contributed by atoms with Gasteiger partial charge in [-0.25, -0.2) is 4.79 Å². The Morgan fingerprint density at radius 1 is 1.17 bits per heavy atom. The summed E-state index contributed by atoms with van der Waals surface area (Å²) in [4.78, 5) is 11.9. The monoisotopic (exact) mass is 406 g/mol. The highest BCUT2D eigenvalue weighted by molar-refractivity contribution is 5.77. The highest BCUT2D eigenvalue weighted by Gasteiger charge is 2.30. The van der Waals surface area contributed by atoms with Crippen molar-refractivity contribution < 1.29 is 23.1 Å². The molecule has 0 spiro atoms. The van der Waals surface area contributed by atoms with Crippen LogP contribution in [0.25, 0.3) is 11.4 Å². The zero-order valence-corrected chi connectivity index (χ0v) is 15.2. The Morgan fingerprint density at radius 2 is 1.86 bits per heavy atom. The molecule has 152 valence electrons. The quantitative estimate of drug-likeness (QED) is 0.573. The number of aromatic nitrogens is 4. The van der Waals surface area contributed by atoms with Gasteiger partial charge in [0.05, 0.1) is 11.6 Å². The van der Waals surface area contributed by atoms with Crippen LogP contribution in [-0.2, 0) is 6.18 Å². The second kappa shape index (κ2) is 8.17. The van der Waals surface area contributed by atoms with Crippen LogP contribution in [0.2, 0.25) is 0 Å². The molecule has 3 rings (SSSR count). The first-order chi connectivity index (χ1) is 13.7. The molecule has 0 bridgehead atoms. The van der Waals surface area contributed by atoms with Gasteiger partial charge in [-0.15, -0.1) is 10.2 Å². The number of alkyl halides is 3. The topological polar surface area (TPSA) is 105 Å². The number of tetrazole rings is 1. The summed E-state index contributed by atoms with van der Waals surface area (Å²) >= 11 is 0. The zero-order valence-electron chi connectivity index (χ0n) is 15.2. The van der Waals surface area contributed by atoms with Crippen molar-refractivity contribution in [3.05, 3.63) is 54.1 Å². The number of rotatable bonds is 6. The molecular formula is C18H17F3N6O2. The van der Waals surface area contributed by atoms with Gasteiger partial charge >= 0.3 is 12.3 Å². The van der Waals surface area contributed by atoms with Gasteiger partial charge in [-0.1, -0.05) is 12.1 Å². The molecule has 0 aliphatic rings. The van der Waals surface area contributed by atoms with Crippen molar-refractivity contribution in [3.8, 4) is 11.4 Å². The Labute approximate surface area is 163 Å². The fourth-order valence-electron chi connectivity index (χ4n) is 2.52. The maximum Gasteiger partial charge on any atom is 0.416 e. The van der Waals surface area contributed by atoms with E-state index in [0.29, 0.717) is 22.8 Å². The van der Waals surface area contributed by atoms with Crippen molar-refractivity contribution >= 4 is 17.5 Å². The summed E-state index contributed by atoms with van der Waals surface area (Å²) in [5.41, 5.74) is 0.918. The summed E-state index contributed by atoms with van der Waals surface area (Å²) in [6.07, 6.45) is -5.55. The van der Waals surface area contributed by atoms with E-state index in [-0.39, 0.29) is 12.6 Å². The lowest BCUT2D eigenvalue weighted by Crippen LogP contribution is -2.29. The third kappa shape index (κ3) is 5.00. The molecule has 1 unspecified atom stereocenters. The van der Waals surface area contributed by atoms with Gasteiger partial charge < -0.3 is 15.7 Å². The van der Waals surface area contributed by atoms with Crippen LogP contribution in [0.4, 0.5) is 29.3 Å². The third-order valence-electron chi connectivity index (χ3n) is 4.03. The molecule has 0 radical (unpaired) electrons. The number of hydrogen-bond donors (Lipinski definition) is 3. The van der Waals surface area contributed by atoms with Crippen molar-refractivity contribution in [3.63, 3.8) is 0 Å². The van der Waals surface area contributed by atoms with Gasteiger partial charge in [0, 0.05) is 23.5 Å². The van der Waals surface area contributed by atoms with Gasteiger partial charge in [0.25, 0.3) is 0 Å². The molecule has 3 aromatic rings. The minimum Gasteiger partial charge on any atom is -0.465 e. The van der Waals surface area contributed by atoms with E-state index in [2.05, 4.69) is 26.0 Å². The molecule has 29 heavy (non-hydrogen) atoms. The summed E-state index contributed by atoms with van der Waals surface area (Å²) in [7, 11) is 0. The number of benzene rings is 2. The Hall–Kier alpha value is -3.63. The molecule has 0 aliphatic heterocycles. The number of amides is 1. The molecule has 0 aliphatic carbocycles. The first-order valence-electron chi connectivity index (χ1n) is 8.54. The average molecular weight is 406 g/mol. The normalized spacial score (nSPS) is 12.4. The second-order valence-electron chi connectivity index (χ2n) is 6.21. The Balaban J connectivity index is 1.80. The van der Waals surface area contributed by atoms with Crippen LogP contribution in [0, 0.1) is 0 Å². The van der Waals surface area contributed by atoms with Crippen LogP contribution in [0.1, 0.15) is 18.5 Å². The number of carbonyl (C=O) groups is 1. The highest BCUT2D eigenvalue weighted by atomic mass is 19.4. The predicted molar refractivity (Wildman–Crippen MR) is 98.7 cm³/mol. The maximum absolute atomic E-state index is 12.7. The lowest BCUT2D eigenvalue weighted by molar-refractivity contribution is -0.137. The van der Waals surface area contributed by atoms with E-state index in [0.717, 1.165) is 12.1 Å². The van der Waals surface area contributed by atoms with Gasteiger partial charge in [-0.05, 0) is 48.5 Å². The maximum atomic E-state index is 12.7. The Kier molecular flexibility index (Phi) is 5.66. The number of hydrogen-bond acceptors (Lipinski definition) is 5. The molecule has 1 amide bonds. The Morgan fingerprint density at radius 3 is 2.52 bits per heavy atom. The fourth-order valence-corrected chi connectivity index (χ4v) is 2.52. The highest BCUT2D eigenvalue weighted by Crippen LogP contribution is 2.32. The van der Waals surface area contributed by atoms with E-state index in [9.17, 15) is 18.0 Å². The number of nitrogens with zero attached hydrogens (tertiary/aromatic N) is 4. The number of para-hydroxylation sites is 1. The summed E-state index contributed by atoms with van der Waals surface area (Å²) in [5.74, 6) is 0.294. The first kappa shape index (κ1) is 20.1. The van der Waals surface area contributed by atoms with E-state index >= 15 is 0 Å². The SMILES string of the molecule is CC(CNC(=O)O)n1nnc(-c2ccccc2Nc2ccc(C(F)(F)F)cc2)n1. The summed E-state index contributed by atoms with van der Waals surface area (Å²) in [6, 6.07) is 11.3. The standard InChI is InChI=1S/C18H17F3N6O2/c1-11(10-22-17(28)29)27-25-16(24-26-27)14-4-2-3-5-15(14)23-13-8-6-12(7-9-13)18(19,20)21/h2-9,11,22-23H,10H2,1H3,(H,28,29). The van der Waals surface area contributed by atoms with Crippen LogP contribution >= 0.6 is 0 Å². The number of anilines is 2. The lowest BCUT2D eigenvalue weighted by Gasteiger charge is -2.12. The minimum absolute atomic E-state index is 0.108. The van der Waals surface area contributed by atoms with Crippen molar-refractivity contribution in [1.29, 1.82) is 0 Å². The van der Waals surface area contributed by atoms with Gasteiger partial charge in [0.2, 0.25) is 5.82 Å². The van der Waals surface area contributed by atoms with Crippen LogP contribution in [-0.4, -0.2) is 38.0 Å². The summed E-state index contributed by atoms with van der Waals surface area (Å²) < 4.78 is 38.1. The smallest absolute Gasteiger partial charge is 0.416 e. The third-order valence-corrected chi connectivity index (χ3v) is 4.03. The molecule has 0 saturated carbocycles. The lowest BCUT2D eigenvalue weighted by atomic mass is 10.1. The van der Waals surface area contributed by atoms with Gasteiger partial charge in [-0.3, -0.25) is 0 Å². The fraction of sp³-hybridized carbons (Fsp3) is 0.222. The summed E-state index contributed by atoms with van der Waals surface area (Å²) in [5, 5.41) is 26.2. The van der Waals surface area contributed by atoms with Crippen molar-refractivity contribution in [2.45, 2.75) is 19.1 Å². The van der Waals surface area contributed by atoms with Crippen molar-refractivity contribution in [2.75, 3.05) is 11.9 Å². The van der Waals surface area contributed by atoms with E-state index < -0.39 is 17.8 Å². The zero-order chi connectivity index (χ0) is 21.0. The van der Waals surface area contributed by atoms with E-state index in [4.69, 9.17) is 5.11 Å². The van der Waals surface area contributed by atoms with Crippen molar-refractivity contribution in [1.82, 2.24) is 25.5 Å². The molecular weight excluding hydrogens is 389 g/mol. The molecule has 0 saturated heterocycles. The molecule has 3 N–H and O–H groups in total. The summed E-state index contributed by atoms with van der Waals surface area (Å²) in [6.45, 7) is 1.84. The van der Waals surface area contributed by atoms with Crippen LogP contribution in [0.5, 0.6) is 0 Å². The number of nitrogens with one attached hydrogen (secondary N) is 2. The predicted octanol–water partition coefficient (Wildman–Crippen LogP) is 3.93. The molecule has 1 atom stereocenters. The molecule has 2 aromatic carbocycles. The Bertz CT molecular complexity index is 988. The van der Waals surface area contributed by atoms with Gasteiger partial charge in [0.1, 0.15) is 0 Å². The van der Waals surface area contributed by atoms with Crippen LogP contribution in [0.15, 0.2) is 48.5 Å². The van der Waals surface area contributed by atoms with Crippen LogP contribution < -0.4 is 10.6 Å². The van der Waals surface area contributed by atoms with E-state index in [1.54, 1.807) is 31.2 Å². The molecule has 1 heterocycles. The number of halogens is 3. The van der Waals surface area contributed by atoms with Gasteiger partial charge in [0.15, 0.2) is 0 Å². The van der Waals surface area contributed by atoms with E-state index in [1.165, 1.54) is 16.9 Å². The minimum atomic E-state index is -4.40. The second-order valence-corrected chi connectivity index (χ2v) is 6.21. The van der Waals surface area contributed by atoms with Crippen molar-refractivity contribution in [2.24, 2.45) is 0 Å². The molecule has 1 aromatic heterocycles. The van der Waals surface area contributed by atoms with E-state index in [1.807, 2.05) is 0 Å². The largest absolute Gasteiger partial charge is 0.465 e. The molecule has 11 heteroatoms.